The van der Waals surface area contributed by atoms with Gasteiger partial charge < -0.3 is 14.2 Å². The van der Waals surface area contributed by atoms with E-state index in [1.165, 1.54) is 26.4 Å². The summed E-state index contributed by atoms with van der Waals surface area (Å²) in [4.78, 5) is 10.9. The SMILES string of the molecule is COC(=O)CCCCCCCC=CCC1COCCO1. The molecule has 0 aromatic rings. The normalized spacial score (nSPS) is 19.4. The molecule has 1 aliphatic rings. The van der Waals surface area contributed by atoms with E-state index in [1.807, 2.05) is 0 Å². The van der Waals surface area contributed by atoms with E-state index in [1.54, 1.807) is 0 Å². The van der Waals surface area contributed by atoms with Gasteiger partial charge in [0.15, 0.2) is 0 Å². The molecule has 0 aliphatic carbocycles. The van der Waals surface area contributed by atoms with Crippen molar-refractivity contribution in [1.29, 1.82) is 0 Å². The lowest BCUT2D eigenvalue weighted by Gasteiger charge is -2.21. The minimum atomic E-state index is -0.0955. The van der Waals surface area contributed by atoms with E-state index in [0.717, 1.165) is 45.5 Å². The van der Waals surface area contributed by atoms with Crippen LogP contribution < -0.4 is 0 Å². The molecular formula is C16H28O4. The number of rotatable bonds is 10. The molecule has 1 unspecified atom stereocenters. The summed E-state index contributed by atoms with van der Waals surface area (Å²) in [5.41, 5.74) is 0. The predicted molar refractivity (Wildman–Crippen MR) is 78.7 cm³/mol. The molecule has 0 aromatic heterocycles. The van der Waals surface area contributed by atoms with Gasteiger partial charge in [-0.15, -0.1) is 0 Å². The lowest BCUT2D eigenvalue weighted by molar-refractivity contribution is -0.140. The number of carbonyl (C=O) groups is 1. The highest BCUT2D eigenvalue weighted by molar-refractivity contribution is 5.68. The minimum absolute atomic E-state index is 0.0955. The molecule has 1 rings (SSSR count). The maximum absolute atomic E-state index is 10.9. The second-order valence-electron chi connectivity index (χ2n) is 5.16. The van der Waals surface area contributed by atoms with Gasteiger partial charge in [-0.25, -0.2) is 0 Å². The van der Waals surface area contributed by atoms with Gasteiger partial charge in [0.1, 0.15) is 0 Å². The largest absolute Gasteiger partial charge is 0.469 e. The summed E-state index contributed by atoms with van der Waals surface area (Å²) in [6, 6.07) is 0. The van der Waals surface area contributed by atoms with Crippen LogP contribution in [0.4, 0.5) is 0 Å². The van der Waals surface area contributed by atoms with E-state index in [-0.39, 0.29) is 12.1 Å². The Hall–Kier alpha value is -0.870. The van der Waals surface area contributed by atoms with Crippen molar-refractivity contribution in [2.45, 2.75) is 57.5 Å². The van der Waals surface area contributed by atoms with Gasteiger partial charge in [-0.1, -0.05) is 31.4 Å². The van der Waals surface area contributed by atoms with Gasteiger partial charge in [-0.3, -0.25) is 4.79 Å². The standard InChI is InChI=1S/C16H28O4/c1-18-16(17)11-9-7-5-3-2-4-6-8-10-15-14-19-12-13-20-15/h6,8,15H,2-5,7,9-14H2,1H3. The number of esters is 1. The fourth-order valence-electron chi connectivity index (χ4n) is 2.20. The summed E-state index contributed by atoms with van der Waals surface area (Å²) in [5, 5.41) is 0. The van der Waals surface area contributed by atoms with Gasteiger partial charge in [0, 0.05) is 6.42 Å². The fraction of sp³-hybridized carbons (Fsp3) is 0.812. The van der Waals surface area contributed by atoms with E-state index in [0.29, 0.717) is 6.42 Å². The Balaban J connectivity index is 1.83. The number of ether oxygens (including phenoxy) is 3. The third-order valence-corrected chi connectivity index (χ3v) is 3.43. The van der Waals surface area contributed by atoms with Crippen molar-refractivity contribution >= 4 is 5.97 Å². The monoisotopic (exact) mass is 284 g/mol. The molecule has 1 fully saturated rings. The van der Waals surface area contributed by atoms with Crippen molar-refractivity contribution in [3.63, 3.8) is 0 Å². The van der Waals surface area contributed by atoms with E-state index in [2.05, 4.69) is 16.9 Å². The van der Waals surface area contributed by atoms with E-state index >= 15 is 0 Å². The quantitative estimate of drug-likeness (QED) is 0.351. The molecule has 4 nitrogen and oxygen atoms in total. The number of carbonyl (C=O) groups excluding carboxylic acids is 1. The summed E-state index contributed by atoms with van der Waals surface area (Å²) in [6.45, 7) is 2.19. The molecule has 1 aliphatic heterocycles. The third-order valence-electron chi connectivity index (χ3n) is 3.43. The van der Waals surface area contributed by atoms with Crippen LogP contribution in [0.5, 0.6) is 0 Å². The Labute approximate surface area is 122 Å². The van der Waals surface area contributed by atoms with E-state index < -0.39 is 0 Å². The number of hydrogen-bond donors (Lipinski definition) is 0. The van der Waals surface area contributed by atoms with Gasteiger partial charge in [-0.05, 0) is 25.7 Å². The molecule has 0 spiro atoms. The van der Waals surface area contributed by atoms with Crippen LogP contribution in [0.1, 0.15) is 51.4 Å². The average molecular weight is 284 g/mol. The summed E-state index contributed by atoms with van der Waals surface area (Å²) in [6.07, 6.45) is 13.0. The van der Waals surface area contributed by atoms with Crippen LogP contribution >= 0.6 is 0 Å². The van der Waals surface area contributed by atoms with Crippen LogP contribution in [0.3, 0.4) is 0 Å². The highest BCUT2D eigenvalue weighted by atomic mass is 16.6. The zero-order valence-electron chi connectivity index (χ0n) is 12.6. The first-order chi connectivity index (χ1) is 9.83. The zero-order valence-corrected chi connectivity index (χ0v) is 12.6. The highest BCUT2D eigenvalue weighted by Gasteiger charge is 2.11. The summed E-state index contributed by atoms with van der Waals surface area (Å²) in [7, 11) is 1.44. The van der Waals surface area contributed by atoms with Crippen molar-refractivity contribution in [3.8, 4) is 0 Å². The molecule has 1 saturated heterocycles. The van der Waals surface area contributed by atoms with Crippen molar-refractivity contribution in [2.24, 2.45) is 0 Å². The van der Waals surface area contributed by atoms with Crippen LogP contribution in [-0.2, 0) is 19.0 Å². The molecule has 1 atom stereocenters. The molecule has 0 aromatic carbocycles. The van der Waals surface area contributed by atoms with E-state index in [9.17, 15) is 4.79 Å². The number of methoxy groups -OCH3 is 1. The van der Waals surface area contributed by atoms with Crippen molar-refractivity contribution in [3.05, 3.63) is 12.2 Å². The second kappa shape index (κ2) is 11.9. The number of allylic oxidation sites excluding steroid dienone is 1. The maximum atomic E-state index is 10.9. The molecule has 0 bridgehead atoms. The molecule has 4 heteroatoms. The van der Waals surface area contributed by atoms with E-state index in [4.69, 9.17) is 9.47 Å². The average Bonchev–Trinajstić information content (AvgIpc) is 2.50. The number of unbranched alkanes of at least 4 members (excludes halogenated alkanes) is 5. The molecule has 0 radical (unpaired) electrons. The van der Waals surface area contributed by atoms with Crippen molar-refractivity contribution in [1.82, 2.24) is 0 Å². The van der Waals surface area contributed by atoms with Crippen LogP contribution in [0.2, 0.25) is 0 Å². The molecule has 116 valence electrons. The smallest absolute Gasteiger partial charge is 0.305 e. The Morgan fingerprint density at radius 3 is 2.70 bits per heavy atom. The molecule has 1 heterocycles. The summed E-state index contributed by atoms with van der Waals surface area (Å²) < 4.78 is 15.5. The number of hydrogen-bond acceptors (Lipinski definition) is 4. The third kappa shape index (κ3) is 9.10. The van der Waals surface area contributed by atoms with Crippen LogP contribution in [0.15, 0.2) is 12.2 Å². The van der Waals surface area contributed by atoms with Gasteiger partial charge in [0.25, 0.3) is 0 Å². The van der Waals surface area contributed by atoms with Crippen LogP contribution in [-0.4, -0.2) is 39.0 Å². The Morgan fingerprint density at radius 1 is 1.15 bits per heavy atom. The van der Waals surface area contributed by atoms with Crippen molar-refractivity contribution in [2.75, 3.05) is 26.9 Å². The van der Waals surface area contributed by atoms with Crippen molar-refractivity contribution < 1.29 is 19.0 Å². The van der Waals surface area contributed by atoms with Crippen LogP contribution in [0, 0.1) is 0 Å². The second-order valence-corrected chi connectivity index (χ2v) is 5.16. The Morgan fingerprint density at radius 2 is 1.95 bits per heavy atom. The lowest BCUT2D eigenvalue weighted by atomic mass is 10.1. The summed E-state index contributed by atoms with van der Waals surface area (Å²) in [5.74, 6) is -0.0955. The van der Waals surface area contributed by atoms with Gasteiger partial charge >= 0.3 is 5.97 Å². The van der Waals surface area contributed by atoms with Crippen LogP contribution in [0.25, 0.3) is 0 Å². The maximum Gasteiger partial charge on any atom is 0.305 e. The Bertz CT molecular complexity index is 270. The molecule has 0 saturated carbocycles. The Kier molecular flexibility index (Phi) is 10.2. The first-order valence-corrected chi connectivity index (χ1v) is 7.74. The van der Waals surface area contributed by atoms with Gasteiger partial charge in [0.2, 0.25) is 0 Å². The topological polar surface area (TPSA) is 44.8 Å². The lowest BCUT2D eigenvalue weighted by Crippen LogP contribution is -2.27. The predicted octanol–water partition coefficient (Wildman–Crippen LogP) is 3.25. The van der Waals surface area contributed by atoms with Gasteiger partial charge in [0.05, 0.1) is 33.0 Å². The highest BCUT2D eigenvalue weighted by Crippen LogP contribution is 2.09. The molecule has 0 N–H and O–H groups in total. The summed E-state index contributed by atoms with van der Waals surface area (Å²) >= 11 is 0. The zero-order chi connectivity index (χ0) is 14.5. The first-order valence-electron chi connectivity index (χ1n) is 7.74. The molecular weight excluding hydrogens is 256 g/mol. The van der Waals surface area contributed by atoms with Gasteiger partial charge in [-0.2, -0.15) is 0 Å². The molecule has 0 amide bonds. The minimum Gasteiger partial charge on any atom is -0.469 e. The molecule has 20 heavy (non-hydrogen) atoms. The fourth-order valence-corrected chi connectivity index (χ4v) is 2.20. The first kappa shape index (κ1) is 17.2.